The van der Waals surface area contributed by atoms with Crippen molar-refractivity contribution in [1.82, 2.24) is 0 Å². The summed E-state index contributed by atoms with van der Waals surface area (Å²) in [6.45, 7) is 2.56. The molecule has 0 radical (unpaired) electrons. The zero-order valence-electron chi connectivity index (χ0n) is 7.71. The van der Waals surface area contributed by atoms with E-state index in [4.69, 9.17) is 22.1 Å². The summed E-state index contributed by atoms with van der Waals surface area (Å²) in [6.07, 6.45) is 0. The Morgan fingerprint density at radius 2 is 2.29 bits per heavy atom. The van der Waals surface area contributed by atoms with Crippen LogP contribution in [0.5, 0.6) is 5.75 Å². The normalized spacial score (nSPS) is 10.7. The summed E-state index contributed by atoms with van der Waals surface area (Å²) in [4.78, 5) is 0. The quantitative estimate of drug-likeness (QED) is 0.852. The van der Waals surface area contributed by atoms with Crippen molar-refractivity contribution in [2.24, 2.45) is 0 Å². The number of rotatable bonds is 2. The SMILES string of the molecule is CCOc1cc(Cl)cc2scc(N)c12. The second-order valence-corrected chi connectivity index (χ2v) is 4.25. The Bertz CT molecular complexity index is 466. The van der Waals surface area contributed by atoms with Gasteiger partial charge in [0.15, 0.2) is 0 Å². The average molecular weight is 228 g/mol. The Hall–Kier alpha value is -0.930. The smallest absolute Gasteiger partial charge is 0.131 e. The minimum atomic E-state index is 0.616. The van der Waals surface area contributed by atoms with Crippen LogP contribution in [0.1, 0.15) is 6.92 Å². The maximum atomic E-state index is 5.95. The summed E-state index contributed by atoms with van der Waals surface area (Å²) >= 11 is 7.53. The van der Waals surface area contributed by atoms with Gasteiger partial charge in [0.2, 0.25) is 0 Å². The van der Waals surface area contributed by atoms with Crippen LogP contribution < -0.4 is 10.5 Å². The van der Waals surface area contributed by atoms with Gasteiger partial charge in [0.25, 0.3) is 0 Å². The number of thiophene rings is 1. The van der Waals surface area contributed by atoms with E-state index in [0.717, 1.165) is 21.5 Å². The van der Waals surface area contributed by atoms with Gasteiger partial charge in [-0.25, -0.2) is 0 Å². The van der Waals surface area contributed by atoms with Crippen molar-refractivity contribution in [2.75, 3.05) is 12.3 Å². The lowest BCUT2D eigenvalue weighted by atomic mass is 10.2. The van der Waals surface area contributed by atoms with Crippen LogP contribution in [0, 0.1) is 0 Å². The summed E-state index contributed by atoms with van der Waals surface area (Å²) in [5.41, 5.74) is 6.60. The van der Waals surface area contributed by atoms with Gasteiger partial charge in [0.1, 0.15) is 5.75 Å². The monoisotopic (exact) mass is 227 g/mol. The predicted octanol–water partition coefficient (Wildman–Crippen LogP) is 3.54. The van der Waals surface area contributed by atoms with Gasteiger partial charge in [-0.1, -0.05) is 11.6 Å². The van der Waals surface area contributed by atoms with E-state index in [1.54, 1.807) is 17.4 Å². The van der Waals surface area contributed by atoms with Gasteiger partial charge < -0.3 is 10.5 Å². The molecule has 2 nitrogen and oxygen atoms in total. The number of ether oxygens (including phenoxy) is 1. The number of nitrogen functional groups attached to an aromatic ring is 1. The van der Waals surface area contributed by atoms with E-state index in [-0.39, 0.29) is 0 Å². The first-order valence-corrected chi connectivity index (χ1v) is 5.57. The van der Waals surface area contributed by atoms with Crippen molar-refractivity contribution >= 4 is 38.7 Å². The summed E-state index contributed by atoms with van der Waals surface area (Å²) in [5.74, 6) is 0.772. The molecule has 1 heterocycles. The van der Waals surface area contributed by atoms with E-state index in [1.165, 1.54) is 0 Å². The van der Waals surface area contributed by atoms with E-state index in [0.29, 0.717) is 11.6 Å². The molecule has 1 aromatic heterocycles. The van der Waals surface area contributed by atoms with Gasteiger partial charge in [0.05, 0.1) is 17.7 Å². The molecule has 2 aromatic rings. The van der Waals surface area contributed by atoms with Crippen LogP contribution in [0.3, 0.4) is 0 Å². The predicted molar refractivity (Wildman–Crippen MR) is 62.4 cm³/mol. The largest absolute Gasteiger partial charge is 0.493 e. The van der Waals surface area contributed by atoms with Crippen molar-refractivity contribution in [2.45, 2.75) is 6.92 Å². The number of hydrogen-bond donors (Lipinski definition) is 1. The molecule has 0 bridgehead atoms. The third-order valence-electron chi connectivity index (χ3n) is 1.93. The van der Waals surface area contributed by atoms with E-state index < -0.39 is 0 Å². The summed E-state index contributed by atoms with van der Waals surface area (Å²) < 4.78 is 6.55. The molecule has 0 saturated heterocycles. The standard InChI is InChI=1S/C10H10ClNOS/c1-2-13-8-3-6(11)4-9-10(8)7(12)5-14-9/h3-5H,2,12H2,1H3. The van der Waals surface area contributed by atoms with Crippen LogP contribution in [0.15, 0.2) is 17.5 Å². The molecule has 0 unspecified atom stereocenters. The third-order valence-corrected chi connectivity index (χ3v) is 3.10. The van der Waals surface area contributed by atoms with Crippen LogP contribution in [-0.2, 0) is 0 Å². The van der Waals surface area contributed by atoms with Crippen molar-refractivity contribution in [3.8, 4) is 5.75 Å². The fraction of sp³-hybridized carbons (Fsp3) is 0.200. The van der Waals surface area contributed by atoms with Gasteiger partial charge in [-0.15, -0.1) is 11.3 Å². The molecule has 4 heteroatoms. The van der Waals surface area contributed by atoms with Crippen molar-refractivity contribution < 1.29 is 4.74 Å². The number of benzene rings is 1. The fourth-order valence-corrected chi connectivity index (χ4v) is 2.57. The number of hydrogen-bond acceptors (Lipinski definition) is 3. The fourth-order valence-electron chi connectivity index (χ4n) is 1.39. The minimum Gasteiger partial charge on any atom is -0.493 e. The highest BCUT2D eigenvalue weighted by Gasteiger charge is 2.09. The molecule has 0 aliphatic heterocycles. The van der Waals surface area contributed by atoms with Gasteiger partial charge in [-0.05, 0) is 19.1 Å². The Kier molecular flexibility index (Phi) is 2.52. The molecule has 2 N–H and O–H groups in total. The minimum absolute atomic E-state index is 0.616. The molecule has 0 fully saturated rings. The highest BCUT2D eigenvalue weighted by Crippen LogP contribution is 2.38. The lowest BCUT2D eigenvalue weighted by molar-refractivity contribution is 0.344. The van der Waals surface area contributed by atoms with Gasteiger partial charge in [-0.3, -0.25) is 0 Å². The first-order chi connectivity index (χ1) is 6.72. The number of fused-ring (bicyclic) bond motifs is 1. The Morgan fingerprint density at radius 3 is 3.00 bits per heavy atom. The molecule has 1 aromatic carbocycles. The molecule has 0 aliphatic carbocycles. The number of halogens is 1. The van der Waals surface area contributed by atoms with Crippen LogP contribution in [-0.4, -0.2) is 6.61 Å². The van der Waals surface area contributed by atoms with Crippen LogP contribution in [0.4, 0.5) is 5.69 Å². The van der Waals surface area contributed by atoms with Crippen LogP contribution >= 0.6 is 22.9 Å². The van der Waals surface area contributed by atoms with E-state index in [9.17, 15) is 0 Å². The van der Waals surface area contributed by atoms with Crippen molar-refractivity contribution in [1.29, 1.82) is 0 Å². The molecule has 2 rings (SSSR count). The number of nitrogens with two attached hydrogens (primary N) is 1. The second-order valence-electron chi connectivity index (χ2n) is 2.90. The van der Waals surface area contributed by atoms with Crippen molar-refractivity contribution in [3.63, 3.8) is 0 Å². The first kappa shape index (κ1) is 9.62. The van der Waals surface area contributed by atoms with Crippen molar-refractivity contribution in [3.05, 3.63) is 22.5 Å². The van der Waals surface area contributed by atoms with Crippen LogP contribution in [0.25, 0.3) is 10.1 Å². The molecule has 0 spiro atoms. The molecular weight excluding hydrogens is 218 g/mol. The molecule has 0 saturated carbocycles. The molecular formula is C10H10ClNOS. The molecule has 0 aliphatic rings. The first-order valence-electron chi connectivity index (χ1n) is 4.31. The van der Waals surface area contributed by atoms with E-state index in [1.807, 2.05) is 18.4 Å². The van der Waals surface area contributed by atoms with E-state index >= 15 is 0 Å². The highest BCUT2D eigenvalue weighted by molar-refractivity contribution is 7.17. The Balaban J connectivity index is 2.70. The lowest BCUT2D eigenvalue weighted by Gasteiger charge is -2.05. The summed E-state index contributed by atoms with van der Waals surface area (Å²) in [7, 11) is 0. The zero-order valence-corrected chi connectivity index (χ0v) is 9.28. The number of anilines is 1. The molecule has 74 valence electrons. The van der Waals surface area contributed by atoms with Gasteiger partial charge >= 0.3 is 0 Å². The maximum Gasteiger partial charge on any atom is 0.131 e. The summed E-state index contributed by atoms with van der Waals surface area (Å²) in [5, 5.41) is 3.56. The molecule has 0 amide bonds. The second kappa shape index (κ2) is 3.67. The topological polar surface area (TPSA) is 35.2 Å². The third kappa shape index (κ3) is 1.53. The average Bonchev–Trinajstić information content (AvgIpc) is 2.48. The summed E-state index contributed by atoms with van der Waals surface area (Å²) in [6, 6.07) is 3.71. The Labute approximate surface area is 91.2 Å². The van der Waals surface area contributed by atoms with Gasteiger partial charge in [0, 0.05) is 15.1 Å². The Morgan fingerprint density at radius 1 is 1.50 bits per heavy atom. The zero-order chi connectivity index (χ0) is 10.1. The van der Waals surface area contributed by atoms with E-state index in [2.05, 4.69) is 0 Å². The van der Waals surface area contributed by atoms with Crippen LogP contribution in [0.2, 0.25) is 5.02 Å². The maximum absolute atomic E-state index is 5.95. The lowest BCUT2D eigenvalue weighted by Crippen LogP contribution is -1.93. The molecule has 0 atom stereocenters. The highest BCUT2D eigenvalue weighted by atomic mass is 35.5. The van der Waals surface area contributed by atoms with Gasteiger partial charge in [-0.2, -0.15) is 0 Å². The molecule has 14 heavy (non-hydrogen) atoms.